The number of likely N-dealkylation sites (N-methyl/N-ethyl adjacent to an activating group) is 1. The fourth-order valence-corrected chi connectivity index (χ4v) is 2.00. The summed E-state index contributed by atoms with van der Waals surface area (Å²) >= 11 is 0. The van der Waals surface area contributed by atoms with Crippen LogP contribution in [0.4, 0.5) is 0 Å². The van der Waals surface area contributed by atoms with Crippen molar-refractivity contribution in [1.29, 1.82) is 0 Å². The molecular weight excluding hydrogens is 162 g/mol. The number of ketones is 1. The van der Waals surface area contributed by atoms with Crippen LogP contribution in [0.15, 0.2) is 0 Å². The lowest BCUT2D eigenvalue weighted by Crippen LogP contribution is -2.48. The Balaban J connectivity index is 4.69. The molecule has 0 radical (unpaired) electrons. The average Bonchev–Trinajstić information content (AvgIpc) is 1.96. The summed E-state index contributed by atoms with van der Waals surface area (Å²) in [5, 5.41) is 0. The largest absolute Gasteiger partial charge is 0.298 e. The highest BCUT2D eigenvalue weighted by atomic mass is 16.1. The fraction of sp³-hybridized carbons (Fsp3) is 0.909. The lowest BCUT2D eigenvalue weighted by Gasteiger charge is -2.37. The van der Waals surface area contributed by atoms with E-state index in [0.29, 0.717) is 0 Å². The molecule has 0 saturated carbocycles. The van der Waals surface area contributed by atoms with Gasteiger partial charge in [-0.05, 0) is 25.4 Å². The second-order valence-electron chi connectivity index (χ2n) is 4.60. The molecule has 1 unspecified atom stereocenters. The molecule has 2 nitrogen and oxygen atoms in total. The highest BCUT2D eigenvalue weighted by Crippen LogP contribution is 2.24. The molecule has 0 aliphatic carbocycles. The van der Waals surface area contributed by atoms with E-state index in [4.69, 9.17) is 0 Å². The predicted octanol–water partition coefficient (Wildman–Crippen LogP) is 2.33. The van der Waals surface area contributed by atoms with Crippen LogP contribution in [-0.4, -0.2) is 29.8 Å². The normalized spacial score (nSPS) is 14.7. The number of rotatable bonds is 4. The van der Waals surface area contributed by atoms with Gasteiger partial charge in [-0.1, -0.05) is 34.6 Å². The fourth-order valence-electron chi connectivity index (χ4n) is 2.00. The minimum Gasteiger partial charge on any atom is -0.298 e. The molecule has 0 heterocycles. The second kappa shape index (κ2) is 4.75. The molecule has 0 aromatic heterocycles. The van der Waals surface area contributed by atoms with Crippen molar-refractivity contribution in [3.05, 3.63) is 0 Å². The Bertz CT molecular complexity index is 165. The lowest BCUT2D eigenvalue weighted by atomic mass is 9.83. The van der Waals surface area contributed by atoms with E-state index < -0.39 is 0 Å². The maximum absolute atomic E-state index is 11.5. The maximum Gasteiger partial charge on any atom is 0.147 e. The molecule has 0 amide bonds. The summed E-state index contributed by atoms with van der Waals surface area (Å²) in [5.41, 5.74) is 0.0395. The van der Waals surface area contributed by atoms with Crippen LogP contribution in [0.1, 0.15) is 41.5 Å². The van der Waals surface area contributed by atoms with Crippen LogP contribution in [0.2, 0.25) is 0 Å². The van der Waals surface area contributed by atoms with Crippen molar-refractivity contribution in [2.24, 2.45) is 5.41 Å². The molecule has 0 aromatic rings. The summed E-state index contributed by atoms with van der Waals surface area (Å²) in [6, 6.07) is 0.0579. The molecule has 0 fully saturated rings. The third-order valence-electron chi connectivity index (χ3n) is 2.38. The van der Waals surface area contributed by atoms with Crippen molar-refractivity contribution in [3.8, 4) is 0 Å². The SMILES string of the molecule is CCN(CC)C(C(C)=O)C(C)(C)C. The molecule has 78 valence electrons. The molecule has 0 aromatic carbocycles. The average molecular weight is 185 g/mol. The van der Waals surface area contributed by atoms with Crippen molar-refractivity contribution in [2.45, 2.75) is 47.6 Å². The zero-order chi connectivity index (χ0) is 10.6. The first-order chi connectivity index (χ1) is 5.84. The molecular formula is C11H23NO. The second-order valence-corrected chi connectivity index (χ2v) is 4.60. The van der Waals surface area contributed by atoms with Crippen molar-refractivity contribution in [2.75, 3.05) is 13.1 Å². The summed E-state index contributed by atoms with van der Waals surface area (Å²) in [6.45, 7) is 14.1. The standard InChI is InChI=1S/C11H23NO/c1-7-12(8-2)10(9(3)13)11(4,5)6/h10H,7-8H2,1-6H3. The molecule has 0 saturated heterocycles. The first kappa shape index (κ1) is 12.6. The Hall–Kier alpha value is -0.370. The zero-order valence-corrected chi connectivity index (χ0v) is 9.85. The van der Waals surface area contributed by atoms with Gasteiger partial charge in [0, 0.05) is 0 Å². The zero-order valence-electron chi connectivity index (χ0n) is 9.85. The number of Topliss-reactive ketones (excluding diaryl/α,β-unsaturated/α-hetero) is 1. The van der Waals surface area contributed by atoms with Crippen LogP contribution in [0, 0.1) is 5.41 Å². The van der Waals surface area contributed by atoms with Crippen molar-refractivity contribution < 1.29 is 4.79 Å². The van der Waals surface area contributed by atoms with Gasteiger partial charge in [-0.25, -0.2) is 0 Å². The van der Waals surface area contributed by atoms with Gasteiger partial charge in [0.05, 0.1) is 6.04 Å². The van der Waals surface area contributed by atoms with Gasteiger partial charge in [0.15, 0.2) is 0 Å². The molecule has 0 aliphatic rings. The van der Waals surface area contributed by atoms with Crippen LogP contribution >= 0.6 is 0 Å². The molecule has 2 heteroatoms. The summed E-state index contributed by atoms with van der Waals surface area (Å²) in [5.74, 6) is 0.274. The Morgan fingerprint density at radius 1 is 1.23 bits per heavy atom. The minimum atomic E-state index is 0.0395. The van der Waals surface area contributed by atoms with E-state index in [2.05, 4.69) is 39.5 Å². The summed E-state index contributed by atoms with van der Waals surface area (Å²) in [6.07, 6.45) is 0. The molecule has 1 atom stereocenters. The van der Waals surface area contributed by atoms with Crippen LogP contribution in [0.5, 0.6) is 0 Å². The van der Waals surface area contributed by atoms with Gasteiger partial charge in [-0.2, -0.15) is 0 Å². The van der Waals surface area contributed by atoms with E-state index in [9.17, 15) is 4.79 Å². The predicted molar refractivity (Wildman–Crippen MR) is 56.8 cm³/mol. The van der Waals surface area contributed by atoms with E-state index in [1.165, 1.54) is 0 Å². The highest BCUT2D eigenvalue weighted by molar-refractivity contribution is 5.82. The number of nitrogens with zero attached hydrogens (tertiary/aromatic N) is 1. The molecule has 0 rings (SSSR count). The quantitative estimate of drug-likeness (QED) is 0.670. The minimum absolute atomic E-state index is 0.0395. The molecule has 0 spiro atoms. The van der Waals surface area contributed by atoms with E-state index >= 15 is 0 Å². The molecule has 0 aliphatic heterocycles. The summed E-state index contributed by atoms with van der Waals surface area (Å²) in [7, 11) is 0. The Morgan fingerprint density at radius 3 is 1.69 bits per heavy atom. The van der Waals surface area contributed by atoms with Gasteiger partial charge >= 0.3 is 0 Å². The first-order valence-electron chi connectivity index (χ1n) is 5.09. The van der Waals surface area contributed by atoms with Crippen molar-refractivity contribution in [1.82, 2.24) is 4.90 Å². The Kier molecular flexibility index (Phi) is 4.62. The molecule has 13 heavy (non-hydrogen) atoms. The number of hydrogen-bond donors (Lipinski definition) is 0. The monoisotopic (exact) mass is 185 g/mol. The highest BCUT2D eigenvalue weighted by Gasteiger charge is 2.32. The Morgan fingerprint density at radius 2 is 1.62 bits per heavy atom. The van der Waals surface area contributed by atoms with Gasteiger partial charge in [0.2, 0.25) is 0 Å². The van der Waals surface area contributed by atoms with Crippen molar-refractivity contribution >= 4 is 5.78 Å². The van der Waals surface area contributed by atoms with E-state index in [1.54, 1.807) is 6.92 Å². The van der Waals surface area contributed by atoms with E-state index in [0.717, 1.165) is 13.1 Å². The molecule has 0 bridgehead atoms. The maximum atomic E-state index is 11.5. The smallest absolute Gasteiger partial charge is 0.147 e. The van der Waals surface area contributed by atoms with Crippen LogP contribution < -0.4 is 0 Å². The topological polar surface area (TPSA) is 20.3 Å². The number of carbonyl (C=O) groups is 1. The van der Waals surface area contributed by atoms with E-state index in [1.807, 2.05) is 0 Å². The van der Waals surface area contributed by atoms with Gasteiger partial charge in [0.1, 0.15) is 5.78 Å². The van der Waals surface area contributed by atoms with Gasteiger partial charge in [-0.15, -0.1) is 0 Å². The summed E-state index contributed by atoms with van der Waals surface area (Å²) in [4.78, 5) is 13.7. The van der Waals surface area contributed by atoms with Gasteiger partial charge in [-0.3, -0.25) is 9.69 Å². The van der Waals surface area contributed by atoms with Crippen LogP contribution in [0.25, 0.3) is 0 Å². The van der Waals surface area contributed by atoms with Crippen LogP contribution in [0.3, 0.4) is 0 Å². The Labute approximate surface area is 82.3 Å². The third kappa shape index (κ3) is 3.47. The number of carbonyl (C=O) groups excluding carboxylic acids is 1. The van der Waals surface area contributed by atoms with E-state index in [-0.39, 0.29) is 17.2 Å². The summed E-state index contributed by atoms with van der Waals surface area (Å²) < 4.78 is 0. The van der Waals surface area contributed by atoms with Gasteiger partial charge in [0.25, 0.3) is 0 Å². The van der Waals surface area contributed by atoms with Gasteiger partial charge < -0.3 is 0 Å². The third-order valence-corrected chi connectivity index (χ3v) is 2.38. The van der Waals surface area contributed by atoms with Crippen molar-refractivity contribution in [3.63, 3.8) is 0 Å². The lowest BCUT2D eigenvalue weighted by molar-refractivity contribution is -0.125. The molecule has 0 N–H and O–H groups in total. The first-order valence-corrected chi connectivity index (χ1v) is 5.09. The number of hydrogen-bond acceptors (Lipinski definition) is 2. The van der Waals surface area contributed by atoms with Crippen LogP contribution in [-0.2, 0) is 4.79 Å².